The van der Waals surface area contributed by atoms with Crippen LogP contribution in [-0.2, 0) is 38.1 Å². The minimum atomic E-state index is -0.539. The van der Waals surface area contributed by atoms with Crippen LogP contribution < -0.4 is 0 Å². The van der Waals surface area contributed by atoms with Crippen LogP contribution in [0.2, 0.25) is 0 Å². The van der Waals surface area contributed by atoms with Crippen LogP contribution in [0, 0.1) is 0 Å². The van der Waals surface area contributed by atoms with Gasteiger partial charge in [0.15, 0.2) is 0 Å². The number of carbonyl (C=O) groups is 4. The van der Waals surface area contributed by atoms with Gasteiger partial charge in [0.2, 0.25) is 0 Å². The summed E-state index contributed by atoms with van der Waals surface area (Å²) in [5.74, 6) is -0.895. The molecule has 0 aromatic carbocycles. The van der Waals surface area contributed by atoms with Crippen molar-refractivity contribution in [2.75, 3.05) is 37.9 Å². The molecule has 0 spiro atoms. The normalized spacial score (nSPS) is 9.85. The standard InChI is InChI=1S/C17H23IO8S/c1-12(2)16(21)25-8-6-23-14(19)4-10-27-11-5-15(20)24-7-9-26-17(22)13(3)18/h1,3-11H2,2H3. The Labute approximate surface area is 176 Å². The SMILES string of the molecule is C=C(C)C(=O)OCCOC(=O)CCSCCC(=O)OCCOC(=O)C(=C)I. The van der Waals surface area contributed by atoms with E-state index in [-0.39, 0.29) is 48.4 Å². The molecule has 0 atom stereocenters. The summed E-state index contributed by atoms with van der Waals surface area (Å²) in [6.45, 7) is 8.32. The summed E-state index contributed by atoms with van der Waals surface area (Å²) in [6, 6.07) is 0. The Hall–Kier alpha value is -1.56. The quantitative estimate of drug-likeness (QED) is 0.113. The topological polar surface area (TPSA) is 105 Å². The maximum absolute atomic E-state index is 11.5. The third-order valence-corrected chi connectivity index (χ3v) is 4.06. The summed E-state index contributed by atoms with van der Waals surface area (Å²) in [5.41, 5.74) is 0.281. The fourth-order valence-electron chi connectivity index (χ4n) is 1.34. The van der Waals surface area contributed by atoms with Crippen LogP contribution in [0.4, 0.5) is 0 Å². The highest BCUT2D eigenvalue weighted by Gasteiger charge is 2.08. The number of esters is 4. The van der Waals surface area contributed by atoms with Crippen molar-refractivity contribution in [3.63, 3.8) is 0 Å². The first-order valence-corrected chi connectivity index (χ1v) is 10.2. The lowest BCUT2D eigenvalue weighted by Crippen LogP contribution is -2.15. The lowest BCUT2D eigenvalue weighted by atomic mass is 10.4. The average molecular weight is 514 g/mol. The molecule has 0 N–H and O–H groups in total. The fraction of sp³-hybridized carbons (Fsp3) is 0.529. The number of hydrogen-bond donors (Lipinski definition) is 0. The summed E-state index contributed by atoms with van der Waals surface area (Å²) in [4.78, 5) is 45.1. The maximum Gasteiger partial charge on any atom is 0.343 e. The minimum absolute atomic E-state index is 0.00960. The van der Waals surface area contributed by atoms with Gasteiger partial charge < -0.3 is 18.9 Å². The molecule has 0 aromatic rings. The zero-order valence-corrected chi connectivity index (χ0v) is 18.1. The molecule has 0 bridgehead atoms. The molecule has 0 heterocycles. The molecule has 10 heteroatoms. The van der Waals surface area contributed by atoms with Gasteiger partial charge in [-0.25, -0.2) is 9.59 Å². The van der Waals surface area contributed by atoms with Gasteiger partial charge in [0.25, 0.3) is 0 Å². The van der Waals surface area contributed by atoms with Crippen molar-refractivity contribution in [2.24, 2.45) is 0 Å². The van der Waals surface area contributed by atoms with E-state index in [0.717, 1.165) is 0 Å². The summed E-state index contributed by atoms with van der Waals surface area (Å²) < 4.78 is 19.6. The predicted octanol–water partition coefficient (Wildman–Crippen LogP) is 2.20. The number of thioether (sulfide) groups is 1. The molecule has 27 heavy (non-hydrogen) atoms. The van der Waals surface area contributed by atoms with E-state index in [1.807, 2.05) is 0 Å². The van der Waals surface area contributed by atoms with Crippen molar-refractivity contribution in [2.45, 2.75) is 19.8 Å². The van der Waals surface area contributed by atoms with Crippen molar-refractivity contribution in [1.29, 1.82) is 0 Å². The van der Waals surface area contributed by atoms with Gasteiger partial charge in [-0.1, -0.05) is 13.2 Å². The van der Waals surface area contributed by atoms with E-state index >= 15 is 0 Å². The van der Waals surface area contributed by atoms with Gasteiger partial charge in [0.1, 0.15) is 26.4 Å². The van der Waals surface area contributed by atoms with E-state index in [0.29, 0.717) is 11.5 Å². The molecule has 0 aliphatic heterocycles. The molecule has 0 fully saturated rings. The number of rotatable bonds is 14. The first-order valence-electron chi connectivity index (χ1n) is 7.97. The predicted molar refractivity (Wildman–Crippen MR) is 108 cm³/mol. The fourth-order valence-corrected chi connectivity index (χ4v) is 2.32. The average Bonchev–Trinajstić information content (AvgIpc) is 2.61. The summed E-state index contributed by atoms with van der Waals surface area (Å²) >= 11 is 3.15. The van der Waals surface area contributed by atoms with Crippen LogP contribution in [0.5, 0.6) is 0 Å². The zero-order valence-electron chi connectivity index (χ0n) is 15.1. The third kappa shape index (κ3) is 15.2. The van der Waals surface area contributed by atoms with Gasteiger partial charge in [0.05, 0.1) is 16.4 Å². The number of halogens is 1. The van der Waals surface area contributed by atoms with Crippen molar-refractivity contribution in [3.05, 3.63) is 22.3 Å². The van der Waals surface area contributed by atoms with Crippen LogP contribution in [-0.4, -0.2) is 61.8 Å². The van der Waals surface area contributed by atoms with Crippen LogP contribution in [0.3, 0.4) is 0 Å². The molecule has 8 nitrogen and oxygen atoms in total. The molecule has 0 saturated heterocycles. The highest BCUT2D eigenvalue weighted by atomic mass is 127. The number of hydrogen-bond acceptors (Lipinski definition) is 9. The zero-order chi connectivity index (χ0) is 20.7. The first-order chi connectivity index (χ1) is 12.7. The third-order valence-electron chi connectivity index (χ3n) is 2.63. The smallest absolute Gasteiger partial charge is 0.343 e. The Morgan fingerprint density at radius 1 is 0.778 bits per heavy atom. The summed E-state index contributed by atoms with van der Waals surface area (Å²) in [5, 5.41) is 0. The van der Waals surface area contributed by atoms with E-state index in [1.54, 1.807) is 22.6 Å². The Bertz CT molecular complexity index is 513. The molecule has 0 rings (SSSR count). The van der Waals surface area contributed by atoms with Crippen LogP contribution in [0.15, 0.2) is 22.3 Å². The lowest BCUT2D eigenvalue weighted by Gasteiger charge is -2.07. The maximum atomic E-state index is 11.5. The highest BCUT2D eigenvalue weighted by molar-refractivity contribution is 14.1. The van der Waals surface area contributed by atoms with Gasteiger partial charge in [-0.3, -0.25) is 9.59 Å². The molecule has 0 radical (unpaired) electrons. The van der Waals surface area contributed by atoms with Gasteiger partial charge in [-0.05, 0) is 29.5 Å². The molecule has 0 unspecified atom stereocenters. The van der Waals surface area contributed by atoms with Crippen molar-refractivity contribution in [1.82, 2.24) is 0 Å². The second kappa shape index (κ2) is 15.5. The van der Waals surface area contributed by atoms with E-state index in [1.165, 1.54) is 18.7 Å². The van der Waals surface area contributed by atoms with Gasteiger partial charge >= 0.3 is 23.9 Å². The van der Waals surface area contributed by atoms with E-state index in [4.69, 9.17) is 18.9 Å². The van der Waals surface area contributed by atoms with Crippen LogP contribution >= 0.6 is 34.4 Å². The van der Waals surface area contributed by atoms with E-state index in [2.05, 4.69) is 13.2 Å². The first kappa shape index (κ1) is 25.4. The van der Waals surface area contributed by atoms with Gasteiger partial charge in [0, 0.05) is 17.1 Å². The Kier molecular flexibility index (Phi) is 14.6. The largest absolute Gasteiger partial charge is 0.462 e. The molecule has 152 valence electrons. The number of ether oxygens (including phenoxy) is 4. The van der Waals surface area contributed by atoms with Gasteiger partial charge in [-0.15, -0.1) is 0 Å². The summed E-state index contributed by atoms with van der Waals surface area (Å²) in [6.07, 6.45) is 0.369. The number of carbonyl (C=O) groups excluding carboxylic acids is 4. The van der Waals surface area contributed by atoms with Crippen molar-refractivity contribution >= 4 is 58.2 Å². The molecule has 0 amide bonds. The van der Waals surface area contributed by atoms with Crippen molar-refractivity contribution < 1.29 is 38.1 Å². The summed E-state index contributed by atoms with van der Waals surface area (Å²) in [7, 11) is 0. The Morgan fingerprint density at radius 3 is 1.59 bits per heavy atom. The van der Waals surface area contributed by atoms with E-state index in [9.17, 15) is 19.2 Å². The molecule has 0 aliphatic carbocycles. The van der Waals surface area contributed by atoms with Gasteiger partial charge in [-0.2, -0.15) is 11.8 Å². The lowest BCUT2D eigenvalue weighted by molar-refractivity contribution is -0.149. The molecule has 0 aliphatic rings. The molecular weight excluding hydrogens is 491 g/mol. The van der Waals surface area contributed by atoms with E-state index < -0.39 is 23.9 Å². The minimum Gasteiger partial charge on any atom is -0.462 e. The van der Waals surface area contributed by atoms with Crippen LogP contribution in [0.1, 0.15) is 19.8 Å². The highest BCUT2D eigenvalue weighted by Crippen LogP contribution is 2.07. The molecule has 0 saturated carbocycles. The van der Waals surface area contributed by atoms with Crippen LogP contribution in [0.25, 0.3) is 0 Å². The molecular formula is C17H23IO8S. The monoisotopic (exact) mass is 514 g/mol. The Balaban J connectivity index is 3.53. The van der Waals surface area contributed by atoms with Crippen molar-refractivity contribution in [3.8, 4) is 0 Å². The Morgan fingerprint density at radius 2 is 1.19 bits per heavy atom. The second-order valence-corrected chi connectivity index (χ2v) is 7.54. The second-order valence-electron chi connectivity index (χ2n) is 5.01. The molecule has 0 aromatic heterocycles.